The van der Waals surface area contributed by atoms with Crippen LogP contribution in [0.4, 0.5) is 10.7 Å². The number of hydrogen-bond acceptors (Lipinski definition) is 6. The van der Waals surface area contributed by atoms with Crippen LogP contribution in [0.15, 0.2) is 48.8 Å². The number of nitrogens with zero attached hydrogens (tertiary/aromatic N) is 5. The highest BCUT2D eigenvalue weighted by atomic mass is 16.2. The number of benzene rings is 1. The van der Waals surface area contributed by atoms with Gasteiger partial charge in [-0.3, -0.25) is 14.5 Å². The molecule has 9 heteroatoms. The van der Waals surface area contributed by atoms with Crippen molar-refractivity contribution in [3.8, 4) is 0 Å². The van der Waals surface area contributed by atoms with Crippen LogP contribution in [0.5, 0.6) is 0 Å². The number of carbonyl (C=O) groups is 3. The lowest BCUT2D eigenvalue weighted by atomic mass is 9.92. The Kier molecular flexibility index (Phi) is 4.87. The molecule has 0 aliphatic carbocycles. The molecule has 1 aromatic carbocycles. The lowest BCUT2D eigenvalue weighted by Crippen LogP contribution is -2.52. The summed E-state index contributed by atoms with van der Waals surface area (Å²) < 4.78 is 0. The van der Waals surface area contributed by atoms with Gasteiger partial charge in [0.2, 0.25) is 11.9 Å². The van der Waals surface area contributed by atoms with Crippen molar-refractivity contribution in [3.63, 3.8) is 0 Å². The van der Waals surface area contributed by atoms with Gasteiger partial charge in [-0.05, 0) is 18.6 Å². The second kappa shape index (κ2) is 7.50. The molecule has 150 valence electrons. The van der Waals surface area contributed by atoms with E-state index in [1.54, 1.807) is 42.4 Å². The quantitative estimate of drug-likeness (QED) is 0.763. The Hall–Kier alpha value is -3.49. The number of rotatable bonds is 4. The molecule has 1 atom stereocenters. The lowest BCUT2D eigenvalue weighted by molar-refractivity contribution is -0.139. The molecule has 2 aromatic rings. The van der Waals surface area contributed by atoms with Crippen LogP contribution in [0.3, 0.4) is 0 Å². The molecule has 2 fully saturated rings. The first-order valence-corrected chi connectivity index (χ1v) is 9.48. The molecule has 0 bridgehead atoms. The third-order valence-electron chi connectivity index (χ3n) is 5.39. The fraction of sp³-hybridized carbons (Fsp3) is 0.350. The average Bonchev–Trinajstić information content (AvgIpc) is 2.99. The van der Waals surface area contributed by atoms with Crippen molar-refractivity contribution in [1.82, 2.24) is 25.1 Å². The van der Waals surface area contributed by atoms with Gasteiger partial charge in [0.25, 0.3) is 5.91 Å². The van der Waals surface area contributed by atoms with Crippen molar-refractivity contribution in [1.29, 1.82) is 0 Å². The molecule has 4 rings (SSSR count). The number of aromatic nitrogens is 2. The van der Waals surface area contributed by atoms with Crippen LogP contribution >= 0.6 is 0 Å². The van der Waals surface area contributed by atoms with Gasteiger partial charge in [0.1, 0.15) is 12.1 Å². The molecular formula is C20H22N6O3. The summed E-state index contributed by atoms with van der Waals surface area (Å²) in [5, 5.41) is 2.73. The minimum atomic E-state index is -1.16. The Labute approximate surface area is 168 Å². The van der Waals surface area contributed by atoms with Crippen molar-refractivity contribution in [2.45, 2.75) is 12.5 Å². The molecule has 0 saturated carbocycles. The van der Waals surface area contributed by atoms with Crippen LogP contribution < -0.4 is 10.2 Å². The highest BCUT2D eigenvalue weighted by Gasteiger charge is 2.49. The van der Waals surface area contributed by atoms with E-state index in [0.717, 1.165) is 4.90 Å². The molecule has 29 heavy (non-hydrogen) atoms. The van der Waals surface area contributed by atoms with Gasteiger partial charge in [0, 0.05) is 38.6 Å². The molecule has 3 heterocycles. The standard InChI is InChI=1S/C20H22N6O3/c1-20(15-6-3-2-4-7-15)17(28)26(19(29)23-20)14-16(27)24-10-12-25(13-11-24)18-21-8-5-9-22-18/h2-9H,10-14H2,1H3,(H,23,29). The van der Waals surface area contributed by atoms with Crippen LogP contribution in [-0.2, 0) is 15.1 Å². The molecule has 2 aliphatic heterocycles. The molecule has 1 unspecified atom stereocenters. The Balaban J connectivity index is 1.39. The summed E-state index contributed by atoms with van der Waals surface area (Å²) in [6.45, 7) is 3.54. The van der Waals surface area contributed by atoms with Crippen molar-refractivity contribution in [2.75, 3.05) is 37.6 Å². The first-order valence-electron chi connectivity index (χ1n) is 9.48. The average molecular weight is 394 g/mol. The molecule has 4 amide bonds. The number of anilines is 1. The Morgan fingerprint density at radius 3 is 2.34 bits per heavy atom. The molecule has 0 radical (unpaired) electrons. The first-order chi connectivity index (χ1) is 14.0. The smallest absolute Gasteiger partial charge is 0.325 e. The van der Waals surface area contributed by atoms with E-state index in [2.05, 4.69) is 15.3 Å². The Morgan fingerprint density at radius 1 is 1.03 bits per heavy atom. The van der Waals surface area contributed by atoms with Gasteiger partial charge >= 0.3 is 6.03 Å². The monoisotopic (exact) mass is 394 g/mol. The van der Waals surface area contributed by atoms with E-state index in [0.29, 0.717) is 37.7 Å². The summed E-state index contributed by atoms with van der Waals surface area (Å²) in [4.78, 5) is 51.2. The fourth-order valence-electron chi connectivity index (χ4n) is 3.65. The number of imide groups is 1. The van der Waals surface area contributed by atoms with Crippen LogP contribution in [0.1, 0.15) is 12.5 Å². The van der Waals surface area contributed by atoms with Gasteiger partial charge in [-0.25, -0.2) is 14.8 Å². The zero-order valence-corrected chi connectivity index (χ0v) is 16.1. The van der Waals surface area contributed by atoms with Crippen molar-refractivity contribution >= 4 is 23.8 Å². The van der Waals surface area contributed by atoms with E-state index >= 15 is 0 Å². The minimum absolute atomic E-state index is 0.251. The number of hydrogen-bond donors (Lipinski definition) is 1. The van der Waals surface area contributed by atoms with Gasteiger partial charge in [0.05, 0.1) is 0 Å². The maximum Gasteiger partial charge on any atom is 0.325 e. The van der Waals surface area contributed by atoms with Crippen LogP contribution in [-0.4, -0.2) is 70.3 Å². The van der Waals surface area contributed by atoms with Crippen molar-refractivity contribution in [2.24, 2.45) is 0 Å². The number of nitrogens with one attached hydrogen (secondary N) is 1. The van der Waals surface area contributed by atoms with Gasteiger partial charge in [0.15, 0.2) is 0 Å². The van der Waals surface area contributed by atoms with E-state index in [-0.39, 0.29) is 12.5 Å². The summed E-state index contributed by atoms with van der Waals surface area (Å²) in [7, 11) is 0. The fourth-order valence-corrected chi connectivity index (χ4v) is 3.65. The lowest BCUT2D eigenvalue weighted by Gasteiger charge is -2.35. The highest BCUT2D eigenvalue weighted by molar-refractivity contribution is 6.09. The number of amides is 4. The maximum absolute atomic E-state index is 12.9. The van der Waals surface area contributed by atoms with Gasteiger partial charge in [-0.15, -0.1) is 0 Å². The van der Waals surface area contributed by atoms with Gasteiger partial charge in [-0.2, -0.15) is 0 Å². The maximum atomic E-state index is 12.9. The first kappa shape index (κ1) is 18.9. The number of carbonyl (C=O) groups excluding carboxylic acids is 3. The molecule has 2 aliphatic rings. The summed E-state index contributed by atoms with van der Waals surface area (Å²) >= 11 is 0. The topological polar surface area (TPSA) is 98.7 Å². The zero-order valence-electron chi connectivity index (χ0n) is 16.1. The van der Waals surface area contributed by atoms with Gasteiger partial charge < -0.3 is 15.1 Å². The van der Waals surface area contributed by atoms with Crippen LogP contribution in [0.25, 0.3) is 0 Å². The predicted octanol–water partition coefficient (Wildman–Crippen LogP) is 0.592. The van der Waals surface area contributed by atoms with Crippen molar-refractivity contribution in [3.05, 3.63) is 54.4 Å². The molecule has 2 saturated heterocycles. The molecular weight excluding hydrogens is 372 g/mol. The van der Waals surface area contributed by atoms with E-state index in [1.165, 1.54) is 0 Å². The highest BCUT2D eigenvalue weighted by Crippen LogP contribution is 2.28. The molecule has 1 N–H and O–H groups in total. The van der Waals surface area contributed by atoms with Crippen LogP contribution in [0, 0.1) is 0 Å². The van der Waals surface area contributed by atoms with E-state index in [9.17, 15) is 14.4 Å². The van der Waals surface area contributed by atoms with E-state index < -0.39 is 17.5 Å². The summed E-state index contributed by atoms with van der Waals surface area (Å²) in [5.41, 5.74) is -0.480. The largest absolute Gasteiger partial charge is 0.338 e. The van der Waals surface area contributed by atoms with Crippen molar-refractivity contribution < 1.29 is 14.4 Å². The Morgan fingerprint density at radius 2 is 1.69 bits per heavy atom. The minimum Gasteiger partial charge on any atom is -0.338 e. The second-order valence-corrected chi connectivity index (χ2v) is 7.23. The molecule has 0 spiro atoms. The van der Waals surface area contributed by atoms with Gasteiger partial charge in [-0.1, -0.05) is 30.3 Å². The third kappa shape index (κ3) is 3.51. The normalized spacial score (nSPS) is 22.0. The summed E-state index contributed by atoms with van der Waals surface area (Å²) in [6.07, 6.45) is 3.36. The SMILES string of the molecule is CC1(c2ccccc2)NC(=O)N(CC(=O)N2CCN(c3ncccn3)CC2)C1=O. The molecule has 9 nitrogen and oxygen atoms in total. The number of urea groups is 1. The third-order valence-corrected chi connectivity index (χ3v) is 5.39. The summed E-state index contributed by atoms with van der Waals surface area (Å²) in [5.74, 6) is -0.0369. The molecule has 1 aromatic heterocycles. The predicted molar refractivity (Wildman–Crippen MR) is 105 cm³/mol. The van der Waals surface area contributed by atoms with E-state index in [1.807, 2.05) is 23.1 Å². The summed E-state index contributed by atoms with van der Waals surface area (Å²) in [6, 6.07) is 10.2. The second-order valence-electron chi connectivity index (χ2n) is 7.23. The number of piperazine rings is 1. The Bertz CT molecular complexity index is 914. The zero-order chi connectivity index (χ0) is 20.4. The van der Waals surface area contributed by atoms with E-state index in [4.69, 9.17) is 0 Å². The van der Waals surface area contributed by atoms with Crippen LogP contribution in [0.2, 0.25) is 0 Å².